The first-order valence-electron chi connectivity index (χ1n) is 7.96. The van der Waals surface area contributed by atoms with Crippen molar-refractivity contribution in [2.24, 2.45) is 0 Å². The predicted octanol–water partition coefficient (Wildman–Crippen LogP) is 2.57. The van der Waals surface area contributed by atoms with Crippen molar-refractivity contribution in [2.75, 3.05) is 46.4 Å². The number of hydrogen-bond acceptors (Lipinski definition) is 5. The highest BCUT2D eigenvalue weighted by Gasteiger charge is 2.11. The van der Waals surface area contributed by atoms with Crippen molar-refractivity contribution >= 4 is 22.5 Å². The summed E-state index contributed by atoms with van der Waals surface area (Å²) in [6.45, 7) is 6.09. The molecule has 1 fully saturated rings. The van der Waals surface area contributed by atoms with Gasteiger partial charge in [-0.3, -0.25) is 4.98 Å². The Morgan fingerprint density at radius 3 is 2.87 bits per heavy atom. The van der Waals surface area contributed by atoms with Gasteiger partial charge in [0.1, 0.15) is 0 Å². The number of hydrogen-bond donors (Lipinski definition) is 1. The third kappa shape index (κ3) is 4.05. The Hall–Kier alpha value is -1.56. The molecule has 5 nitrogen and oxygen atoms in total. The van der Waals surface area contributed by atoms with Gasteiger partial charge in [-0.15, -0.1) is 0 Å². The quantitative estimate of drug-likeness (QED) is 0.822. The van der Waals surface area contributed by atoms with E-state index < -0.39 is 0 Å². The van der Waals surface area contributed by atoms with Gasteiger partial charge in [0.05, 0.1) is 24.3 Å². The fraction of sp³-hybridized carbons (Fsp3) is 0.471. The molecule has 1 saturated heterocycles. The maximum absolute atomic E-state index is 6.20. The van der Waals surface area contributed by atoms with Crippen LogP contribution in [0.15, 0.2) is 24.4 Å². The largest absolute Gasteiger partial charge is 0.493 e. The Morgan fingerprint density at radius 2 is 2.09 bits per heavy atom. The highest BCUT2D eigenvalue weighted by molar-refractivity contribution is 6.35. The van der Waals surface area contributed by atoms with Gasteiger partial charge in [-0.25, -0.2) is 0 Å². The summed E-state index contributed by atoms with van der Waals surface area (Å²) >= 11 is 6.20. The molecule has 0 atom stereocenters. The molecule has 0 radical (unpaired) electrons. The minimum atomic E-state index is 0.659. The Bertz CT molecular complexity index is 660. The standard InChI is InChI=1S/C17H22ClN3O2/c1-22-16-11-13-14(18)3-4-20-15(13)12-17(16)23-10-2-7-21-8-5-19-6-9-21/h3-4,11-12,19H,2,5-10H2,1H3. The SMILES string of the molecule is COc1cc2c(Cl)ccnc2cc1OCCCN1CCNCC1. The highest BCUT2D eigenvalue weighted by Crippen LogP contribution is 2.34. The zero-order chi connectivity index (χ0) is 16.1. The molecule has 0 aliphatic carbocycles. The van der Waals surface area contributed by atoms with E-state index in [1.165, 1.54) is 0 Å². The molecule has 1 aliphatic heterocycles. The Labute approximate surface area is 141 Å². The van der Waals surface area contributed by atoms with Crippen LogP contribution in [0.25, 0.3) is 10.9 Å². The van der Waals surface area contributed by atoms with Gasteiger partial charge in [-0.2, -0.15) is 0 Å². The fourth-order valence-corrected chi connectivity index (χ4v) is 3.01. The Morgan fingerprint density at radius 1 is 1.26 bits per heavy atom. The molecule has 0 amide bonds. The Balaban J connectivity index is 1.62. The summed E-state index contributed by atoms with van der Waals surface area (Å²) in [6.07, 6.45) is 2.69. The van der Waals surface area contributed by atoms with Crippen LogP contribution in [-0.4, -0.2) is 56.3 Å². The van der Waals surface area contributed by atoms with Crippen molar-refractivity contribution in [1.82, 2.24) is 15.2 Å². The molecule has 0 unspecified atom stereocenters. The topological polar surface area (TPSA) is 46.6 Å². The number of pyridine rings is 1. The number of nitrogens with one attached hydrogen (secondary N) is 1. The monoisotopic (exact) mass is 335 g/mol. The molecule has 124 valence electrons. The summed E-state index contributed by atoms with van der Waals surface area (Å²) in [4.78, 5) is 6.80. The van der Waals surface area contributed by atoms with Crippen LogP contribution >= 0.6 is 11.6 Å². The van der Waals surface area contributed by atoms with Gasteiger partial charge < -0.3 is 19.7 Å². The third-order valence-corrected chi connectivity index (χ3v) is 4.39. The van der Waals surface area contributed by atoms with Crippen LogP contribution in [0.5, 0.6) is 11.5 Å². The van der Waals surface area contributed by atoms with Crippen molar-refractivity contribution in [1.29, 1.82) is 0 Å². The van der Waals surface area contributed by atoms with Gasteiger partial charge in [0, 0.05) is 50.4 Å². The van der Waals surface area contributed by atoms with E-state index in [1.807, 2.05) is 12.1 Å². The van der Waals surface area contributed by atoms with Crippen LogP contribution in [0.2, 0.25) is 5.02 Å². The maximum atomic E-state index is 6.20. The van der Waals surface area contributed by atoms with Crippen molar-refractivity contribution in [3.63, 3.8) is 0 Å². The molecule has 6 heteroatoms. The lowest BCUT2D eigenvalue weighted by atomic mass is 10.2. The van der Waals surface area contributed by atoms with E-state index in [9.17, 15) is 0 Å². The molecular weight excluding hydrogens is 314 g/mol. The number of aromatic nitrogens is 1. The number of methoxy groups -OCH3 is 1. The zero-order valence-electron chi connectivity index (χ0n) is 13.3. The summed E-state index contributed by atoms with van der Waals surface area (Å²) in [7, 11) is 1.64. The molecule has 2 heterocycles. The molecule has 0 bridgehead atoms. The summed E-state index contributed by atoms with van der Waals surface area (Å²) < 4.78 is 11.3. The smallest absolute Gasteiger partial charge is 0.163 e. The van der Waals surface area contributed by atoms with Gasteiger partial charge in [0.25, 0.3) is 0 Å². The number of benzene rings is 1. The van der Waals surface area contributed by atoms with Crippen LogP contribution in [0, 0.1) is 0 Å². The van der Waals surface area contributed by atoms with Gasteiger partial charge in [0.15, 0.2) is 11.5 Å². The van der Waals surface area contributed by atoms with E-state index in [0.717, 1.165) is 55.8 Å². The second kappa shape index (κ2) is 7.81. The van der Waals surface area contributed by atoms with E-state index in [2.05, 4.69) is 15.2 Å². The van der Waals surface area contributed by atoms with Crippen LogP contribution in [0.3, 0.4) is 0 Å². The van der Waals surface area contributed by atoms with Gasteiger partial charge in [0.2, 0.25) is 0 Å². The molecule has 1 aliphatic rings. The van der Waals surface area contributed by atoms with Crippen molar-refractivity contribution < 1.29 is 9.47 Å². The first-order valence-corrected chi connectivity index (χ1v) is 8.34. The summed E-state index contributed by atoms with van der Waals surface area (Å²) in [6, 6.07) is 5.55. The average Bonchev–Trinajstić information content (AvgIpc) is 2.59. The lowest BCUT2D eigenvalue weighted by Gasteiger charge is -2.27. The average molecular weight is 336 g/mol. The van der Waals surface area contributed by atoms with Crippen LogP contribution in [0.4, 0.5) is 0 Å². The molecule has 2 aromatic rings. The van der Waals surface area contributed by atoms with E-state index in [1.54, 1.807) is 19.4 Å². The molecule has 3 rings (SSSR count). The van der Waals surface area contributed by atoms with Crippen molar-refractivity contribution in [3.05, 3.63) is 29.4 Å². The van der Waals surface area contributed by atoms with Crippen LogP contribution < -0.4 is 14.8 Å². The number of piperazine rings is 1. The maximum Gasteiger partial charge on any atom is 0.163 e. The molecular formula is C17H22ClN3O2. The summed E-state index contributed by atoms with van der Waals surface area (Å²) in [5.41, 5.74) is 0.815. The number of halogens is 1. The molecule has 1 aromatic carbocycles. The molecule has 23 heavy (non-hydrogen) atoms. The first-order chi connectivity index (χ1) is 11.3. The van der Waals surface area contributed by atoms with Crippen LogP contribution in [0.1, 0.15) is 6.42 Å². The van der Waals surface area contributed by atoms with Gasteiger partial charge >= 0.3 is 0 Å². The van der Waals surface area contributed by atoms with Gasteiger partial charge in [-0.05, 0) is 18.6 Å². The van der Waals surface area contributed by atoms with E-state index in [0.29, 0.717) is 17.4 Å². The number of fused-ring (bicyclic) bond motifs is 1. The number of nitrogens with zero attached hydrogens (tertiary/aromatic N) is 2. The molecule has 0 saturated carbocycles. The Kier molecular flexibility index (Phi) is 5.54. The van der Waals surface area contributed by atoms with E-state index >= 15 is 0 Å². The number of rotatable bonds is 6. The third-order valence-electron chi connectivity index (χ3n) is 4.06. The second-order valence-electron chi connectivity index (χ2n) is 5.61. The van der Waals surface area contributed by atoms with Crippen molar-refractivity contribution in [3.8, 4) is 11.5 Å². The lowest BCUT2D eigenvalue weighted by molar-refractivity contribution is 0.211. The van der Waals surface area contributed by atoms with E-state index in [4.69, 9.17) is 21.1 Å². The zero-order valence-corrected chi connectivity index (χ0v) is 14.1. The van der Waals surface area contributed by atoms with Gasteiger partial charge in [-0.1, -0.05) is 11.6 Å². The summed E-state index contributed by atoms with van der Waals surface area (Å²) in [5.74, 6) is 1.41. The van der Waals surface area contributed by atoms with Crippen molar-refractivity contribution in [2.45, 2.75) is 6.42 Å². The molecule has 1 aromatic heterocycles. The lowest BCUT2D eigenvalue weighted by Crippen LogP contribution is -2.43. The minimum absolute atomic E-state index is 0.659. The second-order valence-corrected chi connectivity index (χ2v) is 6.01. The molecule has 1 N–H and O–H groups in total. The van der Waals surface area contributed by atoms with Crippen LogP contribution in [-0.2, 0) is 0 Å². The molecule has 0 spiro atoms. The normalized spacial score (nSPS) is 15.7. The minimum Gasteiger partial charge on any atom is -0.493 e. The van der Waals surface area contributed by atoms with E-state index in [-0.39, 0.29) is 0 Å². The fourth-order valence-electron chi connectivity index (χ4n) is 2.80. The predicted molar refractivity (Wildman–Crippen MR) is 92.7 cm³/mol. The first kappa shape index (κ1) is 16.3. The summed E-state index contributed by atoms with van der Waals surface area (Å²) in [5, 5.41) is 4.90. The number of ether oxygens (including phenoxy) is 2. The highest BCUT2D eigenvalue weighted by atomic mass is 35.5.